The molecule has 3 aliphatic rings. The fraction of sp³-hybridized carbons (Fsp3) is 0.581. The summed E-state index contributed by atoms with van der Waals surface area (Å²) in [5, 5.41) is 10.4. The Morgan fingerprint density at radius 2 is 1.83 bits per heavy atom. The molecule has 0 aliphatic carbocycles. The van der Waals surface area contributed by atoms with Crippen molar-refractivity contribution in [3.05, 3.63) is 49.6 Å². The Labute approximate surface area is 251 Å². The first-order chi connectivity index (χ1) is 19.6. The molecule has 3 saturated heterocycles. The predicted octanol–water partition coefficient (Wildman–Crippen LogP) is 3.55. The number of carbonyl (C=O) groups is 3. The number of aliphatic hydroxyl groups excluding tert-OH is 1. The number of halogens is 1. The quantitative estimate of drug-likeness (QED) is 0.202. The number of aliphatic hydroxyl groups is 1. The van der Waals surface area contributed by atoms with E-state index in [1.807, 2.05) is 38.1 Å². The average molecular weight is 633 g/mol. The van der Waals surface area contributed by atoms with Crippen LogP contribution >= 0.6 is 15.9 Å². The third kappa shape index (κ3) is 5.23. The molecule has 7 atom stereocenters. The lowest BCUT2D eigenvalue weighted by Gasteiger charge is -2.40. The van der Waals surface area contributed by atoms with Gasteiger partial charge in [0.05, 0.1) is 30.6 Å². The summed E-state index contributed by atoms with van der Waals surface area (Å²) in [6.07, 6.45) is 2.87. The van der Waals surface area contributed by atoms with Crippen molar-refractivity contribution in [3.63, 3.8) is 0 Å². The van der Waals surface area contributed by atoms with E-state index in [4.69, 9.17) is 9.47 Å². The highest BCUT2D eigenvalue weighted by Crippen LogP contribution is 2.61. The molecule has 0 saturated carbocycles. The molecular formula is C31H42BrN3O6. The molecule has 1 aromatic rings. The molecule has 2 bridgehead atoms. The number of anilines is 2. The van der Waals surface area contributed by atoms with Gasteiger partial charge in [-0.1, -0.05) is 48.5 Å². The third-order valence-electron chi connectivity index (χ3n) is 8.76. The first kappa shape index (κ1) is 31.3. The minimum absolute atomic E-state index is 0.0108. The fourth-order valence-corrected chi connectivity index (χ4v) is 7.81. The van der Waals surface area contributed by atoms with E-state index >= 15 is 0 Å². The number of carbonyl (C=O) groups excluding carboxylic acids is 3. The number of rotatable bonds is 13. The molecule has 1 N–H and O–H groups in total. The van der Waals surface area contributed by atoms with Crippen LogP contribution in [0, 0.1) is 17.8 Å². The summed E-state index contributed by atoms with van der Waals surface area (Å²) in [4.78, 5) is 47.3. The second-order valence-electron chi connectivity index (χ2n) is 11.2. The van der Waals surface area contributed by atoms with E-state index in [2.05, 4.69) is 47.8 Å². The molecule has 3 aliphatic heterocycles. The Hall–Kier alpha value is -2.69. The third-order valence-corrected chi connectivity index (χ3v) is 9.60. The van der Waals surface area contributed by atoms with E-state index in [1.54, 1.807) is 11.0 Å². The molecule has 1 spiro atoms. The summed E-state index contributed by atoms with van der Waals surface area (Å²) >= 11 is 3.67. The zero-order valence-electron chi connectivity index (χ0n) is 24.4. The highest BCUT2D eigenvalue weighted by molar-refractivity contribution is 9.09. The number of hydrogen-bond donors (Lipinski definition) is 1. The van der Waals surface area contributed by atoms with Gasteiger partial charge in [-0.25, -0.2) is 0 Å². The molecule has 3 unspecified atom stereocenters. The van der Waals surface area contributed by atoms with Gasteiger partial charge in [0, 0.05) is 35.8 Å². The van der Waals surface area contributed by atoms with Gasteiger partial charge in [0.15, 0.2) is 0 Å². The lowest BCUT2D eigenvalue weighted by Crippen LogP contribution is -2.60. The van der Waals surface area contributed by atoms with Crippen LogP contribution in [-0.4, -0.2) is 89.3 Å². The summed E-state index contributed by atoms with van der Waals surface area (Å²) in [6, 6.07) is 6.05. The van der Waals surface area contributed by atoms with Crippen LogP contribution in [0.4, 0.5) is 11.4 Å². The fourth-order valence-electron chi connectivity index (χ4n) is 6.86. The molecule has 224 valence electrons. The maximum Gasteiger partial charge on any atom is 0.312 e. The average Bonchev–Trinajstić information content (AvgIpc) is 3.55. The molecule has 4 rings (SSSR count). The Morgan fingerprint density at radius 1 is 1.20 bits per heavy atom. The highest BCUT2D eigenvalue weighted by atomic mass is 79.9. The van der Waals surface area contributed by atoms with E-state index in [9.17, 15) is 19.5 Å². The van der Waals surface area contributed by atoms with Gasteiger partial charge in [-0.05, 0) is 50.5 Å². The Morgan fingerprint density at radius 3 is 2.37 bits per heavy atom. The van der Waals surface area contributed by atoms with Gasteiger partial charge in [-0.15, -0.1) is 6.58 Å². The van der Waals surface area contributed by atoms with Gasteiger partial charge >= 0.3 is 5.97 Å². The van der Waals surface area contributed by atoms with Crippen molar-refractivity contribution in [2.24, 2.45) is 17.8 Å². The van der Waals surface area contributed by atoms with Crippen LogP contribution in [0.3, 0.4) is 0 Å². The van der Waals surface area contributed by atoms with Gasteiger partial charge in [0.25, 0.3) is 5.91 Å². The van der Waals surface area contributed by atoms with Crippen molar-refractivity contribution in [1.82, 2.24) is 4.90 Å². The zero-order chi connectivity index (χ0) is 30.1. The summed E-state index contributed by atoms with van der Waals surface area (Å²) in [6.45, 7) is 17.1. The topological polar surface area (TPSA) is 99.6 Å². The zero-order valence-corrected chi connectivity index (χ0v) is 26.0. The minimum Gasteiger partial charge on any atom is -0.461 e. The van der Waals surface area contributed by atoms with Crippen molar-refractivity contribution in [2.75, 3.05) is 42.6 Å². The Balaban J connectivity index is 1.80. The second kappa shape index (κ2) is 12.7. The number of hydrogen-bond acceptors (Lipinski definition) is 7. The monoisotopic (exact) mass is 631 g/mol. The number of fused-ring (bicyclic) bond motifs is 1. The molecular weight excluding hydrogens is 590 g/mol. The van der Waals surface area contributed by atoms with Crippen LogP contribution in [0.15, 0.2) is 49.6 Å². The number of benzene rings is 1. The van der Waals surface area contributed by atoms with Crippen LogP contribution < -0.4 is 9.80 Å². The van der Waals surface area contributed by atoms with E-state index in [0.29, 0.717) is 12.1 Å². The lowest BCUT2D eigenvalue weighted by atomic mass is 9.70. The summed E-state index contributed by atoms with van der Waals surface area (Å²) in [5.74, 6) is -3.19. The van der Waals surface area contributed by atoms with Crippen molar-refractivity contribution >= 4 is 45.1 Å². The molecule has 3 heterocycles. The van der Waals surface area contributed by atoms with E-state index in [-0.39, 0.29) is 42.3 Å². The van der Waals surface area contributed by atoms with E-state index < -0.39 is 41.6 Å². The van der Waals surface area contributed by atoms with Crippen LogP contribution in [0.5, 0.6) is 0 Å². The Kier molecular flexibility index (Phi) is 9.66. The van der Waals surface area contributed by atoms with Crippen molar-refractivity contribution in [1.29, 1.82) is 0 Å². The summed E-state index contributed by atoms with van der Waals surface area (Å²) in [5.41, 5.74) is 0.448. The molecule has 9 nitrogen and oxygen atoms in total. The molecule has 0 aromatic heterocycles. The smallest absolute Gasteiger partial charge is 0.312 e. The maximum absolute atomic E-state index is 14.7. The number of alkyl halides is 1. The second-order valence-corrected chi connectivity index (χ2v) is 12.4. The number of esters is 1. The summed E-state index contributed by atoms with van der Waals surface area (Å²) in [7, 11) is 0. The van der Waals surface area contributed by atoms with Crippen molar-refractivity contribution < 1.29 is 29.0 Å². The van der Waals surface area contributed by atoms with E-state index in [0.717, 1.165) is 18.8 Å². The Bertz CT molecular complexity index is 1160. The number of nitrogens with zero attached hydrogens (tertiary/aromatic N) is 3. The standard InChI is InChI=1S/C31H42BrN3O6/c1-7-15-34(21-13-11-20(12-14-21)33(9-3)10-4)29(38)27-31-17-22(32)26(41-31)24(30(39)40-16-8-2)25(31)28(37)35(27)23(18-36)19(5)6/h7-8,11-14,19,22-27,36H,1-2,9-10,15-18H2,3-6H3/t22?,23-,24+,25-,26+,27?,31?/m0/s1. The largest absolute Gasteiger partial charge is 0.461 e. The van der Waals surface area contributed by atoms with E-state index in [1.165, 1.54) is 11.0 Å². The molecule has 41 heavy (non-hydrogen) atoms. The molecule has 2 amide bonds. The first-order valence-corrected chi connectivity index (χ1v) is 15.3. The highest BCUT2D eigenvalue weighted by Gasteiger charge is 2.77. The molecule has 3 fully saturated rings. The normalized spacial score (nSPS) is 28.9. The van der Waals surface area contributed by atoms with Crippen molar-refractivity contribution in [2.45, 2.75) is 62.7 Å². The lowest BCUT2D eigenvalue weighted by molar-refractivity contribution is -0.155. The maximum atomic E-state index is 14.7. The molecule has 10 heteroatoms. The molecule has 1 aromatic carbocycles. The van der Waals surface area contributed by atoms with Gasteiger partial charge in [0.2, 0.25) is 5.91 Å². The minimum atomic E-state index is -1.26. The van der Waals surface area contributed by atoms with Crippen molar-refractivity contribution in [3.8, 4) is 0 Å². The SMILES string of the molecule is C=CCOC(=O)[C@H]1[C@@H]2OC3(CC2Br)C(C(=O)N(CC=C)c2ccc(N(CC)CC)cc2)N([C@@H](CO)C(C)C)C(=O)[C@H]13. The first-order valence-electron chi connectivity index (χ1n) is 14.4. The van der Waals surface area contributed by atoms with Crippen LogP contribution in [0.25, 0.3) is 0 Å². The molecule has 0 radical (unpaired) electrons. The number of amides is 2. The number of ether oxygens (including phenoxy) is 2. The predicted molar refractivity (Wildman–Crippen MR) is 162 cm³/mol. The van der Waals surface area contributed by atoms with Crippen LogP contribution in [-0.2, 0) is 23.9 Å². The van der Waals surface area contributed by atoms with Gasteiger partial charge < -0.3 is 29.3 Å². The summed E-state index contributed by atoms with van der Waals surface area (Å²) < 4.78 is 12.0. The van der Waals surface area contributed by atoms with Gasteiger partial charge in [-0.3, -0.25) is 14.4 Å². The van der Waals surface area contributed by atoms with Crippen LogP contribution in [0.2, 0.25) is 0 Å². The van der Waals surface area contributed by atoms with Gasteiger partial charge in [-0.2, -0.15) is 0 Å². The van der Waals surface area contributed by atoms with Gasteiger partial charge in [0.1, 0.15) is 18.2 Å². The number of likely N-dealkylation sites (tertiary alicyclic amines) is 1. The van der Waals surface area contributed by atoms with Crippen LogP contribution in [0.1, 0.15) is 34.1 Å².